The maximum absolute atomic E-state index is 14.1. The van der Waals surface area contributed by atoms with E-state index < -0.39 is 5.82 Å². The predicted octanol–water partition coefficient (Wildman–Crippen LogP) is 4.25. The van der Waals surface area contributed by atoms with Crippen LogP contribution in [0.5, 0.6) is 0 Å². The van der Waals surface area contributed by atoms with Crippen LogP contribution in [-0.4, -0.2) is 16.5 Å². The van der Waals surface area contributed by atoms with Crippen molar-refractivity contribution in [2.24, 2.45) is 0 Å². The molecule has 3 heterocycles. The van der Waals surface area contributed by atoms with Gasteiger partial charge in [-0.3, -0.25) is 4.98 Å². The summed E-state index contributed by atoms with van der Waals surface area (Å²) in [7, 11) is 0. The molecule has 1 aromatic carbocycles. The van der Waals surface area contributed by atoms with Crippen LogP contribution in [0.4, 0.5) is 14.6 Å². The van der Waals surface area contributed by atoms with E-state index in [0.717, 1.165) is 42.3 Å². The van der Waals surface area contributed by atoms with Gasteiger partial charge in [0.15, 0.2) is 0 Å². The van der Waals surface area contributed by atoms with E-state index in [0.29, 0.717) is 5.56 Å². The number of halogens is 2. The predicted molar refractivity (Wildman–Crippen MR) is 85.2 cm³/mol. The molecule has 1 saturated heterocycles. The average molecular weight is 311 g/mol. The Balaban J connectivity index is 1.75. The van der Waals surface area contributed by atoms with Gasteiger partial charge in [-0.1, -0.05) is 0 Å². The van der Waals surface area contributed by atoms with Crippen LogP contribution in [0.25, 0.3) is 11.0 Å². The summed E-state index contributed by atoms with van der Waals surface area (Å²) in [6.07, 6.45) is 3.44. The number of benzene rings is 1. The first-order valence-electron chi connectivity index (χ1n) is 7.66. The normalized spacial score (nSPS) is 17.8. The van der Waals surface area contributed by atoms with E-state index in [1.165, 1.54) is 12.1 Å². The second-order valence-corrected chi connectivity index (χ2v) is 5.73. The van der Waals surface area contributed by atoms with Crippen LogP contribution in [0.1, 0.15) is 24.4 Å². The van der Waals surface area contributed by atoms with Gasteiger partial charge in [-0.15, -0.1) is 0 Å². The van der Waals surface area contributed by atoms with Crippen molar-refractivity contribution in [3.8, 4) is 0 Å². The fourth-order valence-corrected chi connectivity index (χ4v) is 3.24. The third-order valence-electron chi connectivity index (χ3n) is 4.31. The average Bonchev–Trinajstić information content (AvgIpc) is 3.06. The molecule has 1 aliphatic heterocycles. The molecule has 5 heteroatoms. The Morgan fingerprint density at radius 2 is 1.96 bits per heavy atom. The molecule has 4 rings (SSSR count). The summed E-state index contributed by atoms with van der Waals surface area (Å²) in [6, 6.07) is 11.0. The Hall–Kier alpha value is -2.56. The first-order chi connectivity index (χ1) is 11.2. The van der Waals surface area contributed by atoms with Crippen LogP contribution in [0.15, 0.2) is 48.7 Å². The van der Waals surface area contributed by atoms with Crippen LogP contribution in [-0.2, 0) is 0 Å². The Morgan fingerprint density at radius 1 is 1.04 bits per heavy atom. The lowest BCUT2D eigenvalue weighted by molar-refractivity contribution is 0.560. The summed E-state index contributed by atoms with van der Waals surface area (Å²) in [6.45, 7) is 0.777. The third kappa shape index (κ3) is 2.52. The molecule has 3 nitrogen and oxygen atoms in total. The van der Waals surface area contributed by atoms with Crippen LogP contribution in [0, 0.1) is 11.6 Å². The van der Waals surface area contributed by atoms with Gasteiger partial charge in [0.05, 0.1) is 17.1 Å². The maximum Gasteiger partial charge on any atom is 0.129 e. The quantitative estimate of drug-likeness (QED) is 0.708. The Kier molecular flexibility index (Phi) is 3.41. The Bertz CT molecular complexity index is 866. The lowest BCUT2D eigenvalue weighted by atomic mass is 10.0. The third-order valence-corrected chi connectivity index (χ3v) is 4.31. The fraction of sp³-hybridized carbons (Fsp3) is 0.222. The van der Waals surface area contributed by atoms with Gasteiger partial charge in [0.1, 0.15) is 17.5 Å². The number of nitrogens with zero attached hydrogens (tertiary/aromatic N) is 3. The van der Waals surface area contributed by atoms with Gasteiger partial charge in [0.2, 0.25) is 0 Å². The number of hydrogen-bond donors (Lipinski definition) is 0. The molecule has 0 amide bonds. The van der Waals surface area contributed by atoms with E-state index in [1.807, 2.05) is 29.2 Å². The van der Waals surface area contributed by atoms with Crippen molar-refractivity contribution in [1.82, 2.24) is 9.97 Å². The summed E-state index contributed by atoms with van der Waals surface area (Å²) in [4.78, 5) is 10.9. The fourth-order valence-electron chi connectivity index (χ4n) is 3.24. The van der Waals surface area contributed by atoms with Crippen LogP contribution >= 0.6 is 0 Å². The molecule has 0 aliphatic carbocycles. The number of aromatic nitrogens is 2. The minimum Gasteiger partial charge on any atom is -0.349 e. The molecule has 0 radical (unpaired) electrons. The van der Waals surface area contributed by atoms with Crippen LogP contribution in [0.2, 0.25) is 0 Å². The SMILES string of the molecule is Fc1ccc(F)c([C@H]2CCCN2c2ccc3ncccc3n2)c1. The Morgan fingerprint density at radius 3 is 2.87 bits per heavy atom. The summed E-state index contributed by atoms with van der Waals surface area (Å²) in [5.41, 5.74) is 2.02. The highest BCUT2D eigenvalue weighted by molar-refractivity contribution is 5.76. The van der Waals surface area contributed by atoms with Gasteiger partial charge < -0.3 is 4.90 Å². The molecule has 0 bridgehead atoms. The second-order valence-electron chi connectivity index (χ2n) is 5.73. The molecule has 0 saturated carbocycles. The van der Waals surface area contributed by atoms with Crippen molar-refractivity contribution in [2.45, 2.75) is 18.9 Å². The first-order valence-corrected chi connectivity index (χ1v) is 7.66. The second kappa shape index (κ2) is 5.57. The zero-order valence-corrected chi connectivity index (χ0v) is 12.4. The highest BCUT2D eigenvalue weighted by Crippen LogP contribution is 2.37. The monoisotopic (exact) mass is 311 g/mol. The van der Waals surface area contributed by atoms with Gasteiger partial charge in [0, 0.05) is 18.3 Å². The lowest BCUT2D eigenvalue weighted by Crippen LogP contribution is -2.24. The molecule has 0 spiro atoms. The van der Waals surface area contributed by atoms with Gasteiger partial charge in [-0.05, 0) is 55.3 Å². The number of pyridine rings is 2. The zero-order valence-electron chi connectivity index (χ0n) is 12.4. The van der Waals surface area contributed by atoms with E-state index in [1.54, 1.807) is 6.20 Å². The molecule has 1 atom stereocenters. The van der Waals surface area contributed by atoms with Crippen molar-refractivity contribution in [3.05, 3.63) is 65.9 Å². The summed E-state index contributed by atoms with van der Waals surface area (Å²) < 4.78 is 27.7. The van der Waals surface area contributed by atoms with Crippen molar-refractivity contribution in [3.63, 3.8) is 0 Å². The molecule has 1 aliphatic rings. The van der Waals surface area contributed by atoms with Gasteiger partial charge in [-0.25, -0.2) is 13.8 Å². The molecule has 2 aromatic heterocycles. The molecule has 0 unspecified atom stereocenters. The van der Waals surface area contributed by atoms with Crippen LogP contribution < -0.4 is 4.90 Å². The lowest BCUT2D eigenvalue weighted by Gasteiger charge is -2.26. The van der Waals surface area contributed by atoms with Crippen molar-refractivity contribution in [2.75, 3.05) is 11.4 Å². The molecular weight excluding hydrogens is 296 g/mol. The standard InChI is InChI=1S/C18H15F2N3/c19-12-5-6-14(20)13(11-12)17-4-2-10-23(17)18-8-7-15-16(22-18)3-1-9-21-15/h1,3,5-9,11,17H,2,4,10H2/t17-/m1/s1. The molecule has 23 heavy (non-hydrogen) atoms. The van der Waals surface area contributed by atoms with E-state index >= 15 is 0 Å². The number of rotatable bonds is 2. The minimum absolute atomic E-state index is 0.188. The molecular formula is C18H15F2N3. The highest BCUT2D eigenvalue weighted by Gasteiger charge is 2.29. The van der Waals surface area contributed by atoms with Crippen molar-refractivity contribution in [1.29, 1.82) is 0 Å². The van der Waals surface area contributed by atoms with E-state index in [9.17, 15) is 8.78 Å². The van der Waals surface area contributed by atoms with Crippen molar-refractivity contribution >= 4 is 16.9 Å². The molecule has 1 fully saturated rings. The number of anilines is 1. The maximum atomic E-state index is 14.1. The highest BCUT2D eigenvalue weighted by atomic mass is 19.1. The molecule has 116 valence electrons. The molecule has 3 aromatic rings. The minimum atomic E-state index is -0.413. The van der Waals surface area contributed by atoms with E-state index in [2.05, 4.69) is 9.97 Å². The van der Waals surface area contributed by atoms with E-state index in [4.69, 9.17) is 0 Å². The smallest absolute Gasteiger partial charge is 0.129 e. The van der Waals surface area contributed by atoms with Gasteiger partial charge in [0.25, 0.3) is 0 Å². The number of hydrogen-bond acceptors (Lipinski definition) is 3. The summed E-state index contributed by atoms with van der Waals surface area (Å²) in [5.74, 6) is -0.00802. The van der Waals surface area contributed by atoms with Gasteiger partial charge >= 0.3 is 0 Å². The van der Waals surface area contributed by atoms with Gasteiger partial charge in [-0.2, -0.15) is 0 Å². The van der Waals surface area contributed by atoms with Crippen LogP contribution in [0.3, 0.4) is 0 Å². The first kappa shape index (κ1) is 14.1. The number of fused-ring (bicyclic) bond motifs is 1. The zero-order chi connectivity index (χ0) is 15.8. The molecule has 0 N–H and O–H groups in total. The summed E-state index contributed by atoms with van der Waals surface area (Å²) in [5, 5.41) is 0. The summed E-state index contributed by atoms with van der Waals surface area (Å²) >= 11 is 0. The van der Waals surface area contributed by atoms with E-state index in [-0.39, 0.29) is 11.9 Å². The largest absolute Gasteiger partial charge is 0.349 e. The topological polar surface area (TPSA) is 29.0 Å². The van der Waals surface area contributed by atoms with Crippen molar-refractivity contribution < 1.29 is 8.78 Å². The Labute approximate surface area is 132 Å².